The van der Waals surface area contributed by atoms with Crippen LogP contribution in [0.2, 0.25) is 10.0 Å². The number of rotatable bonds is 4. The predicted molar refractivity (Wildman–Crippen MR) is 129 cm³/mol. The van der Waals surface area contributed by atoms with Gasteiger partial charge in [0.1, 0.15) is 5.56 Å². The van der Waals surface area contributed by atoms with Crippen LogP contribution in [-0.4, -0.2) is 42.1 Å². The second kappa shape index (κ2) is 9.09. The van der Waals surface area contributed by atoms with Crippen molar-refractivity contribution in [2.75, 3.05) is 30.5 Å². The van der Waals surface area contributed by atoms with E-state index in [0.29, 0.717) is 33.5 Å². The molecule has 0 aliphatic carbocycles. The average molecular weight is 499 g/mol. The maximum Gasteiger partial charge on any atom is 0.268 e. The number of halogens is 2. The largest absolute Gasteiger partial charge is 0.455 e. The Morgan fingerprint density at radius 2 is 2.03 bits per heavy atom. The van der Waals surface area contributed by atoms with Crippen LogP contribution in [0.15, 0.2) is 36.5 Å². The van der Waals surface area contributed by atoms with E-state index in [-0.39, 0.29) is 35.9 Å². The standard InChI is InChI=1S/C23H20Cl2N6O3/c1-26-20(32)14-8-13(7-12-5-6-27-9-15(12)14)29-23-28-10-16-21(30-23)34-11-31(22(16)33)19-17(24)3-2-4-18(19)25/h2-4,7-8,10,27H,5-6,9,11H2,1H3,(H,26,32)(H,28,29,30). The number of aromatic nitrogens is 2. The lowest BCUT2D eigenvalue weighted by molar-refractivity contribution is 0.0930. The lowest BCUT2D eigenvalue weighted by Gasteiger charge is -2.29. The Labute approximate surface area is 205 Å². The third kappa shape index (κ3) is 4.02. The second-order valence-electron chi connectivity index (χ2n) is 7.78. The molecule has 3 aromatic rings. The van der Waals surface area contributed by atoms with E-state index in [4.69, 9.17) is 27.9 Å². The van der Waals surface area contributed by atoms with Gasteiger partial charge in [-0.25, -0.2) is 4.98 Å². The predicted octanol–water partition coefficient (Wildman–Crippen LogP) is 3.53. The van der Waals surface area contributed by atoms with Crippen molar-refractivity contribution in [2.45, 2.75) is 13.0 Å². The second-order valence-corrected chi connectivity index (χ2v) is 8.60. The molecule has 2 amide bonds. The minimum Gasteiger partial charge on any atom is -0.455 e. The van der Waals surface area contributed by atoms with Gasteiger partial charge in [0.2, 0.25) is 11.8 Å². The van der Waals surface area contributed by atoms with Gasteiger partial charge >= 0.3 is 0 Å². The Balaban J connectivity index is 1.43. The van der Waals surface area contributed by atoms with Gasteiger partial charge in [0.25, 0.3) is 11.8 Å². The summed E-state index contributed by atoms with van der Waals surface area (Å²) >= 11 is 12.5. The van der Waals surface area contributed by atoms with Crippen molar-refractivity contribution >= 4 is 52.3 Å². The minimum atomic E-state index is -0.369. The van der Waals surface area contributed by atoms with Crippen LogP contribution in [0.5, 0.6) is 5.88 Å². The lowest BCUT2D eigenvalue weighted by atomic mass is 9.94. The van der Waals surface area contributed by atoms with Crippen LogP contribution in [0.4, 0.5) is 17.3 Å². The van der Waals surface area contributed by atoms with Crippen LogP contribution >= 0.6 is 23.2 Å². The highest BCUT2D eigenvalue weighted by molar-refractivity contribution is 6.40. The molecule has 1 aromatic heterocycles. The van der Waals surface area contributed by atoms with Crippen LogP contribution in [-0.2, 0) is 13.0 Å². The van der Waals surface area contributed by atoms with Gasteiger partial charge in [-0.05, 0) is 48.4 Å². The van der Waals surface area contributed by atoms with Gasteiger partial charge in [-0.1, -0.05) is 29.3 Å². The third-order valence-electron chi connectivity index (χ3n) is 5.71. The molecular weight excluding hydrogens is 479 g/mol. The molecule has 2 aliphatic rings. The molecule has 2 aromatic carbocycles. The van der Waals surface area contributed by atoms with Crippen LogP contribution in [0, 0.1) is 0 Å². The fourth-order valence-corrected chi connectivity index (χ4v) is 4.67. The number of carbonyl (C=O) groups excluding carboxylic acids is 2. The van der Waals surface area contributed by atoms with Crippen molar-refractivity contribution in [3.63, 3.8) is 0 Å². The lowest BCUT2D eigenvalue weighted by Crippen LogP contribution is -2.39. The molecular formula is C23H20Cl2N6O3. The highest BCUT2D eigenvalue weighted by Crippen LogP contribution is 2.37. The van der Waals surface area contributed by atoms with E-state index < -0.39 is 0 Å². The minimum absolute atomic E-state index is 0.0988. The Morgan fingerprint density at radius 1 is 1.24 bits per heavy atom. The Hall–Kier alpha value is -3.40. The smallest absolute Gasteiger partial charge is 0.268 e. The third-order valence-corrected chi connectivity index (χ3v) is 6.32. The number of hydrogen-bond donors (Lipinski definition) is 3. The molecule has 0 atom stereocenters. The molecule has 0 saturated heterocycles. The van der Waals surface area contributed by atoms with E-state index in [1.165, 1.54) is 11.1 Å². The van der Waals surface area contributed by atoms with E-state index in [1.54, 1.807) is 31.3 Å². The van der Waals surface area contributed by atoms with E-state index in [1.807, 2.05) is 6.07 Å². The van der Waals surface area contributed by atoms with Crippen LogP contribution < -0.4 is 25.6 Å². The van der Waals surface area contributed by atoms with E-state index in [0.717, 1.165) is 24.1 Å². The first kappa shape index (κ1) is 22.4. The summed E-state index contributed by atoms with van der Waals surface area (Å²) < 4.78 is 5.74. The van der Waals surface area contributed by atoms with Gasteiger partial charge in [-0.2, -0.15) is 4.98 Å². The van der Waals surface area contributed by atoms with Crippen LogP contribution in [0.25, 0.3) is 0 Å². The molecule has 0 spiro atoms. The van der Waals surface area contributed by atoms with E-state index >= 15 is 0 Å². The molecule has 3 heterocycles. The number of carbonyl (C=O) groups is 2. The number of para-hydroxylation sites is 1. The number of nitrogens with zero attached hydrogens (tertiary/aromatic N) is 3. The SMILES string of the molecule is CNC(=O)c1cc(Nc2ncc3c(n2)OCN(c2c(Cl)cccc2Cl)C3=O)cc2c1CNCC2. The van der Waals surface area contributed by atoms with Gasteiger partial charge in [-0.3, -0.25) is 14.5 Å². The Bertz CT molecular complexity index is 1300. The molecule has 0 radical (unpaired) electrons. The molecule has 11 heteroatoms. The van der Waals surface area contributed by atoms with Crippen LogP contribution in [0.1, 0.15) is 31.8 Å². The van der Waals surface area contributed by atoms with Gasteiger partial charge in [-0.15, -0.1) is 0 Å². The van der Waals surface area contributed by atoms with Gasteiger partial charge in [0.15, 0.2) is 6.73 Å². The highest BCUT2D eigenvalue weighted by Gasteiger charge is 2.31. The summed E-state index contributed by atoms with van der Waals surface area (Å²) in [5.41, 5.74) is 3.88. The van der Waals surface area contributed by atoms with Crippen molar-refractivity contribution in [1.82, 2.24) is 20.6 Å². The molecule has 174 valence electrons. The molecule has 34 heavy (non-hydrogen) atoms. The molecule has 5 rings (SSSR count). The molecule has 0 bridgehead atoms. The van der Waals surface area contributed by atoms with Crippen molar-refractivity contribution in [1.29, 1.82) is 0 Å². The maximum atomic E-state index is 13.1. The number of hydrogen-bond acceptors (Lipinski definition) is 7. The first-order valence-electron chi connectivity index (χ1n) is 10.6. The molecule has 0 unspecified atom stereocenters. The Kier molecular flexibility index (Phi) is 5.99. The molecule has 9 nitrogen and oxygen atoms in total. The first-order chi connectivity index (χ1) is 16.5. The number of benzene rings is 2. The number of amides is 2. The highest BCUT2D eigenvalue weighted by atomic mass is 35.5. The zero-order valence-corrected chi connectivity index (χ0v) is 19.6. The van der Waals surface area contributed by atoms with Crippen molar-refractivity contribution < 1.29 is 14.3 Å². The normalized spacial score (nSPS) is 14.7. The monoisotopic (exact) mass is 498 g/mol. The fraction of sp³-hybridized carbons (Fsp3) is 0.217. The van der Waals surface area contributed by atoms with Gasteiger partial charge < -0.3 is 20.7 Å². The quantitative estimate of drug-likeness (QED) is 0.504. The molecule has 0 fully saturated rings. The Morgan fingerprint density at radius 3 is 2.79 bits per heavy atom. The summed E-state index contributed by atoms with van der Waals surface area (Å²) in [6, 6.07) is 8.75. The number of fused-ring (bicyclic) bond motifs is 2. The van der Waals surface area contributed by atoms with Crippen LogP contribution in [0.3, 0.4) is 0 Å². The summed E-state index contributed by atoms with van der Waals surface area (Å²) in [5.74, 6) is -0.142. The number of nitrogens with one attached hydrogen (secondary N) is 3. The van der Waals surface area contributed by atoms with Crippen molar-refractivity contribution in [3.05, 3.63) is 68.8 Å². The first-order valence-corrected chi connectivity index (χ1v) is 11.3. The molecule has 3 N–H and O–H groups in total. The number of anilines is 3. The fourth-order valence-electron chi connectivity index (χ4n) is 4.06. The summed E-state index contributed by atoms with van der Waals surface area (Å²) in [7, 11) is 1.60. The van der Waals surface area contributed by atoms with Gasteiger partial charge in [0, 0.05) is 31.0 Å². The zero-order valence-electron chi connectivity index (χ0n) is 18.1. The van der Waals surface area contributed by atoms with E-state index in [2.05, 4.69) is 25.9 Å². The summed E-state index contributed by atoms with van der Waals surface area (Å²) in [4.78, 5) is 35.5. The van der Waals surface area contributed by atoms with E-state index in [9.17, 15) is 9.59 Å². The average Bonchev–Trinajstić information content (AvgIpc) is 2.84. The summed E-state index contributed by atoms with van der Waals surface area (Å²) in [6.45, 7) is 1.37. The summed E-state index contributed by atoms with van der Waals surface area (Å²) in [6.07, 6.45) is 2.20. The molecule has 2 aliphatic heterocycles. The van der Waals surface area contributed by atoms with Crippen molar-refractivity contribution in [3.8, 4) is 5.88 Å². The van der Waals surface area contributed by atoms with Gasteiger partial charge in [0.05, 0.1) is 15.7 Å². The molecule has 0 saturated carbocycles. The maximum absolute atomic E-state index is 13.1. The topological polar surface area (TPSA) is 108 Å². The van der Waals surface area contributed by atoms with Crippen molar-refractivity contribution in [2.24, 2.45) is 0 Å². The number of ether oxygens (including phenoxy) is 1. The zero-order chi connectivity index (χ0) is 23.8. The summed E-state index contributed by atoms with van der Waals surface area (Å²) in [5, 5.41) is 9.78.